The summed E-state index contributed by atoms with van der Waals surface area (Å²) >= 11 is 6.12. The molecule has 0 N–H and O–H groups in total. The lowest BCUT2D eigenvalue weighted by molar-refractivity contribution is 0.0974. The van der Waals surface area contributed by atoms with Gasteiger partial charge in [0.15, 0.2) is 5.78 Å². The van der Waals surface area contributed by atoms with Gasteiger partial charge in [0.05, 0.1) is 5.56 Å². The number of hydrogen-bond donors (Lipinski definition) is 0. The van der Waals surface area contributed by atoms with Crippen LogP contribution < -0.4 is 0 Å². The highest BCUT2D eigenvalue weighted by atomic mass is 35.5. The molecule has 0 radical (unpaired) electrons. The summed E-state index contributed by atoms with van der Waals surface area (Å²) in [5.74, 6) is 0.685. The average Bonchev–Trinajstić information content (AvgIpc) is 2.92. The minimum atomic E-state index is 0.0681. The van der Waals surface area contributed by atoms with Crippen LogP contribution in [-0.2, 0) is 0 Å². The van der Waals surface area contributed by atoms with Gasteiger partial charge in [0, 0.05) is 28.9 Å². The first-order valence-electron chi connectivity index (χ1n) is 7.51. The van der Waals surface area contributed by atoms with E-state index in [1.54, 1.807) is 12.1 Å². The third kappa shape index (κ3) is 3.31. The Morgan fingerprint density at radius 1 is 1.13 bits per heavy atom. The Bertz CT molecular complexity index is 837. The molecule has 0 spiro atoms. The van der Waals surface area contributed by atoms with Crippen molar-refractivity contribution in [2.75, 3.05) is 20.6 Å². The van der Waals surface area contributed by atoms with Crippen molar-refractivity contribution >= 4 is 28.4 Å². The van der Waals surface area contributed by atoms with E-state index in [-0.39, 0.29) is 5.78 Å². The van der Waals surface area contributed by atoms with E-state index in [9.17, 15) is 4.79 Å². The van der Waals surface area contributed by atoms with Gasteiger partial charge in [0.1, 0.15) is 11.3 Å². The van der Waals surface area contributed by atoms with Crippen molar-refractivity contribution in [1.82, 2.24) is 4.90 Å². The smallest absolute Gasteiger partial charge is 0.168 e. The topological polar surface area (TPSA) is 33.5 Å². The molecule has 3 aromatic rings. The third-order valence-corrected chi connectivity index (χ3v) is 3.99. The number of furan rings is 1. The molecule has 0 fully saturated rings. The molecule has 0 aliphatic rings. The molecule has 23 heavy (non-hydrogen) atoms. The summed E-state index contributed by atoms with van der Waals surface area (Å²) < 4.78 is 5.98. The van der Waals surface area contributed by atoms with E-state index in [0.29, 0.717) is 34.9 Å². The van der Waals surface area contributed by atoms with Gasteiger partial charge < -0.3 is 9.32 Å². The van der Waals surface area contributed by atoms with E-state index in [0.717, 1.165) is 10.9 Å². The van der Waals surface area contributed by atoms with Crippen molar-refractivity contribution in [2.45, 2.75) is 6.42 Å². The zero-order valence-corrected chi connectivity index (χ0v) is 13.9. The predicted molar refractivity (Wildman–Crippen MR) is 94.2 cm³/mol. The molecule has 0 atom stereocenters. The fourth-order valence-corrected chi connectivity index (χ4v) is 2.76. The molecule has 1 aromatic heterocycles. The number of Topliss-reactive ketones (excluding diaryl/α,β-unsaturated/α-hetero) is 1. The van der Waals surface area contributed by atoms with E-state index in [2.05, 4.69) is 0 Å². The lowest BCUT2D eigenvalue weighted by atomic mass is 10.00. The van der Waals surface area contributed by atoms with Gasteiger partial charge in [-0.15, -0.1) is 0 Å². The van der Waals surface area contributed by atoms with Crippen LogP contribution in [0.25, 0.3) is 22.3 Å². The first-order chi connectivity index (χ1) is 11.1. The standard InChI is InChI=1S/C19H18ClNO2/c1-21(2)11-10-16(22)18-15-12-14(20)8-9-17(15)23-19(18)13-6-4-3-5-7-13/h3-9,12H,10-11H2,1-2H3. The van der Waals surface area contributed by atoms with Crippen LogP contribution in [0.15, 0.2) is 52.9 Å². The fourth-order valence-electron chi connectivity index (χ4n) is 2.59. The molecule has 118 valence electrons. The quantitative estimate of drug-likeness (QED) is 0.626. The summed E-state index contributed by atoms with van der Waals surface area (Å²) in [7, 11) is 3.91. The summed E-state index contributed by atoms with van der Waals surface area (Å²) in [5, 5.41) is 1.37. The second-order valence-electron chi connectivity index (χ2n) is 5.79. The number of benzene rings is 2. The zero-order chi connectivity index (χ0) is 16.4. The summed E-state index contributed by atoms with van der Waals surface area (Å²) in [6.45, 7) is 0.695. The van der Waals surface area contributed by atoms with Crippen LogP contribution in [0.1, 0.15) is 16.8 Å². The Labute approximate surface area is 140 Å². The Morgan fingerprint density at radius 2 is 1.87 bits per heavy atom. The van der Waals surface area contributed by atoms with Gasteiger partial charge in [-0.05, 0) is 32.3 Å². The largest absolute Gasteiger partial charge is 0.455 e. The number of halogens is 1. The highest BCUT2D eigenvalue weighted by Gasteiger charge is 2.22. The van der Waals surface area contributed by atoms with Crippen LogP contribution in [0.3, 0.4) is 0 Å². The van der Waals surface area contributed by atoms with Crippen LogP contribution in [0.4, 0.5) is 0 Å². The van der Waals surface area contributed by atoms with Gasteiger partial charge in [0.25, 0.3) is 0 Å². The maximum absolute atomic E-state index is 12.8. The number of nitrogens with zero attached hydrogens (tertiary/aromatic N) is 1. The Kier molecular flexibility index (Phi) is 4.51. The minimum absolute atomic E-state index is 0.0681. The van der Waals surface area contributed by atoms with E-state index in [1.807, 2.05) is 55.4 Å². The second kappa shape index (κ2) is 6.57. The van der Waals surface area contributed by atoms with Gasteiger partial charge in [-0.2, -0.15) is 0 Å². The van der Waals surface area contributed by atoms with Crippen molar-refractivity contribution in [2.24, 2.45) is 0 Å². The molecule has 0 saturated carbocycles. The van der Waals surface area contributed by atoms with E-state index < -0.39 is 0 Å². The highest BCUT2D eigenvalue weighted by molar-refractivity contribution is 6.31. The molecule has 1 heterocycles. The monoisotopic (exact) mass is 327 g/mol. The molecule has 0 saturated heterocycles. The molecule has 4 heteroatoms. The van der Waals surface area contributed by atoms with Crippen LogP contribution in [-0.4, -0.2) is 31.3 Å². The van der Waals surface area contributed by atoms with Crippen molar-refractivity contribution in [3.8, 4) is 11.3 Å². The zero-order valence-electron chi connectivity index (χ0n) is 13.2. The van der Waals surface area contributed by atoms with Crippen molar-refractivity contribution in [3.05, 3.63) is 59.1 Å². The first kappa shape index (κ1) is 15.8. The van der Waals surface area contributed by atoms with Gasteiger partial charge in [0.2, 0.25) is 0 Å². The molecule has 0 amide bonds. The number of ketones is 1. The summed E-state index contributed by atoms with van der Waals surface area (Å²) in [6.07, 6.45) is 0.438. The molecule has 0 aliphatic heterocycles. The average molecular weight is 328 g/mol. The lowest BCUT2D eigenvalue weighted by Crippen LogP contribution is -2.16. The molecule has 2 aromatic carbocycles. The SMILES string of the molecule is CN(C)CCC(=O)c1c(-c2ccccc2)oc2ccc(Cl)cc12. The van der Waals surface area contributed by atoms with Crippen LogP contribution in [0.5, 0.6) is 0 Å². The van der Waals surface area contributed by atoms with E-state index in [4.69, 9.17) is 16.0 Å². The molecule has 0 aliphatic carbocycles. The first-order valence-corrected chi connectivity index (χ1v) is 7.89. The third-order valence-electron chi connectivity index (χ3n) is 3.75. The summed E-state index contributed by atoms with van der Waals surface area (Å²) in [5.41, 5.74) is 2.20. The minimum Gasteiger partial charge on any atom is -0.455 e. The normalized spacial score (nSPS) is 11.3. The molecule has 0 unspecified atom stereocenters. The van der Waals surface area contributed by atoms with Gasteiger partial charge >= 0.3 is 0 Å². The summed E-state index contributed by atoms with van der Waals surface area (Å²) in [4.78, 5) is 14.8. The second-order valence-corrected chi connectivity index (χ2v) is 6.23. The number of carbonyl (C=O) groups is 1. The Balaban J connectivity index is 2.15. The Hall–Kier alpha value is -2.10. The predicted octanol–water partition coefficient (Wildman–Crippen LogP) is 4.89. The van der Waals surface area contributed by atoms with E-state index >= 15 is 0 Å². The van der Waals surface area contributed by atoms with Crippen molar-refractivity contribution in [3.63, 3.8) is 0 Å². The van der Waals surface area contributed by atoms with Crippen molar-refractivity contribution in [1.29, 1.82) is 0 Å². The fraction of sp³-hybridized carbons (Fsp3) is 0.211. The number of carbonyl (C=O) groups excluding carboxylic acids is 1. The maximum Gasteiger partial charge on any atom is 0.168 e. The van der Waals surface area contributed by atoms with Gasteiger partial charge in [-0.3, -0.25) is 4.79 Å². The maximum atomic E-state index is 12.8. The molecular weight excluding hydrogens is 310 g/mol. The number of rotatable bonds is 5. The Morgan fingerprint density at radius 3 is 2.57 bits per heavy atom. The lowest BCUT2D eigenvalue weighted by Gasteiger charge is -2.08. The van der Waals surface area contributed by atoms with Gasteiger partial charge in [-0.1, -0.05) is 41.9 Å². The number of fused-ring (bicyclic) bond motifs is 1. The summed E-state index contributed by atoms with van der Waals surface area (Å²) in [6, 6.07) is 15.1. The van der Waals surface area contributed by atoms with E-state index in [1.165, 1.54) is 0 Å². The van der Waals surface area contributed by atoms with Crippen LogP contribution in [0, 0.1) is 0 Å². The van der Waals surface area contributed by atoms with Crippen LogP contribution >= 0.6 is 11.6 Å². The molecular formula is C19H18ClNO2. The van der Waals surface area contributed by atoms with Crippen LogP contribution in [0.2, 0.25) is 5.02 Å². The molecule has 3 rings (SSSR count). The molecule has 0 bridgehead atoms. The number of hydrogen-bond acceptors (Lipinski definition) is 3. The van der Waals surface area contributed by atoms with Gasteiger partial charge in [-0.25, -0.2) is 0 Å². The molecule has 3 nitrogen and oxygen atoms in total. The highest BCUT2D eigenvalue weighted by Crippen LogP contribution is 2.35. The van der Waals surface area contributed by atoms with Crippen molar-refractivity contribution < 1.29 is 9.21 Å².